The molecule has 1 fully saturated rings. The lowest BCUT2D eigenvalue weighted by Gasteiger charge is -2.06. The van der Waals surface area contributed by atoms with Crippen molar-refractivity contribution in [2.45, 2.75) is 19.4 Å². The molecule has 1 aromatic heterocycles. The van der Waals surface area contributed by atoms with Crippen molar-refractivity contribution in [3.05, 3.63) is 62.9 Å². The van der Waals surface area contributed by atoms with Gasteiger partial charge >= 0.3 is 0 Å². The number of halogens is 1. The normalized spacial score (nSPS) is 14.1. The molecule has 0 bridgehead atoms. The maximum absolute atomic E-state index is 12.0. The first kappa shape index (κ1) is 13.8. The molecule has 0 atom stereocenters. The molecule has 108 valence electrons. The topological polar surface area (TPSA) is 65.1 Å². The van der Waals surface area contributed by atoms with Gasteiger partial charge in [0, 0.05) is 29.9 Å². The summed E-state index contributed by atoms with van der Waals surface area (Å²) >= 11 is 6.07. The van der Waals surface area contributed by atoms with E-state index >= 15 is 0 Å². The number of hydrogen-bond acceptors (Lipinski definition) is 3. The van der Waals surface area contributed by atoms with Crippen molar-refractivity contribution in [3.63, 3.8) is 0 Å². The molecule has 0 amide bonds. The number of hydrogen-bond donors (Lipinski definition) is 0. The first-order valence-electron chi connectivity index (χ1n) is 6.68. The molecule has 1 aromatic carbocycles. The van der Waals surface area contributed by atoms with E-state index in [1.54, 1.807) is 35.2 Å². The van der Waals surface area contributed by atoms with E-state index in [9.17, 15) is 14.9 Å². The van der Waals surface area contributed by atoms with Crippen LogP contribution in [0.15, 0.2) is 36.7 Å². The second-order valence-electron chi connectivity index (χ2n) is 5.21. The summed E-state index contributed by atoms with van der Waals surface area (Å²) in [6, 6.07) is 6.37. The lowest BCUT2D eigenvalue weighted by atomic mass is 10.1. The highest BCUT2D eigenvalue weighted by molar-refractivity contribution is 6.31. The Morgan fingerprint density at radius 3 is 2.81 bits per heavy atom. The van der Waals surface area contributed by atoms with Crippen LogP contribution in [0.2, 0.25) is 5.02 Å². The van der Waals surface area contributed by atoms with Crippen LogP contribution in [0.3, 0.4) is 0 Å². The zero-order valence-electron chi connectivity index (χ0n) is 11.2. The third kappa shape index (κ3) is 2.83. The van der Waals surface area contributed by atoms with Gasteiger partial charge in [-0.3, -0.25) is 14.9 Å². The van der Waals surface area contributed by atoms with Gasteiger partial charge in [0.1, 0.15) is 0 Å². The van der Waals surface area contributed by atoms with Crippen LogP contribution in [-0.2, 0) is 6.54 Å². The van der Waals surface area contributed by atoms with Crippen LogP contribution in [0.5, 0.6) is 0 Å². The van der Waals surface area contributed by atoms with Crippen LogP contribution in [0.1, 0.15) is 28.8 Å². The highest BCUT2D eigenvalue weighted by atomic mass is 35.5. The third-order valence-corrected chi connectivity index (χ3v) is 3.97. The Kier molecular flexibility index (Phi) is 3.51. The van der Waals surface area contributed by atoms with Crippen molar-refractivity contribution in [1.82, 2.24) is 4.57 Å². The van der Waals surface area contributed by atoms with E-state index in [0.29, 0.717) is 16.1 Å². The van der Waals surface area contributed by atoms with Crippen LogP contribution in [0, 0.1) is 16.0 Å². The van der Waals surface area contributed by atoms with E-state index < -0.39 is 4.92 Å². The summed E-state index contributed by atoms with van der Waals surface area (Å²) in [6.07, 6.45) is 5.40. The lowest BCUT2D eigenvalue weighted by molar-refractivity contribution is -0.385. The molecule has 0 aliphatic heterocycles. The molecule has 21 heavy (non-hydrogen) atoms. The average Bonchev–Trinajstić information content (AvgIpc) is 3.20. The first-order chi connectivity index (χ1) is 10.1. The summed E-state index contributed by atoms with van der Waals surface area (Å²) in [4.78, 5) is 22.6. The van der Waals surface area contributed by atoms with E-state index in [2.05, 4.69) is 0 Å². The smallest absolute Gasteiger partial charge is 0.275 e. The summed E-state index contributed by atoms with van der Waals surface area (Å²) < 4.78 is 1.75. The number of ketones is 1. The number of carbonyl (C=O) groups is 1. The number of rotatable bonds is 5. The second kappa shape index (κ2) is 5.33. The molecule has 1 aliphatic rings. The van der Waals surface area contributed by atoms with E-state index in [1.165, 1.54) is 6.07 Å². The molecule has 1 heterocycles. The van der Waals surface area contributed by atoms with Crippen LogP contribution in [0.25, 0.3) is 0 Å². The lowest BCUT2D eigenvalue weighted by Crippen LogP contribution is -2.03. The molecule has 0 radical (unpaired) electrons. The Morgan fingerprint density at radius 1 is 1.38 bits per heavy atom. The van der Waals surface area contributed by atoms with Gasteiger partial charge in [0.25, 0.3) is 5.69 Å². The van der Waals surface area contributed by atoms with Crippen molar-refractivity contribution < 1.29 is 9.72 Å². The van der Waals surface area contributed by atoms with Crippen molar-refractivity contribution in [2.75, 3.05) is 0 Å². The van der Waals surface area contributed by atoms with Gasteiger partial charge in [-0.2, -0.15) is 0 Å². The summed E-state index contributed by atoms with van der Waals surface area (Å²) in [6.45, 7) is 0.272. The molecule has 6 heteroatoms. The van der Waals surface area contributed by atoms with Crippen LogP contribution in [0.4, 0.5) is 5.69 Å². The van der Waals surface area contributed by atoms with E-state index in [0.717, 1.165) is 12.8 Å². The van der Waals surface area contributed by atoms with Crippen molar-refractivity contribution in [1.29, 1.82) is 0 Å². The highest BCUT2D eigenvalue weighted by Crippen LogP contribution is 2.33. The number of aromatic nitrogens is 1. The van der Waals surface area contributed by atoms with Gasteiger partial charge < -0.3 is 4.57 Å². The van der Waals surface area contributed by atoms with Gasteiger partial charge in [0.15, 0.2) is 5.78 Å². The molecule has 0 N–H and O–H groups in total. The molecule has 0 saturated heterocycles. The first-order valence-corrected chi connectivity index (χ1v) is 7.06. The Morgan fingerprint density at radius 2 is 2.14 bits per heavy atom. The van der Waals surface area contributed by atoms with Crippen molar-refractivity contribution >= 4 is 23.1 Å². The number of carbonyl (C=O) groups excluding carboxylic acids is 1. The fraction of sp³-hybridized carbons (Fsp3) is 0.267. The summed E-state index contributed by atoms with van der Waals surface area (Å²) in [5.41, 5.74) is 1.10. The summed E-state index contributed by atoms with van der Waals surface area (Å²) in [5.74, 6) is 0.318. The van der Waals surface area contributed by atoms with Gasteiger partial charge in [-0.05, 0) is 25.0 Å². The largest absolute Gasteiger partial charge is 0.349 e. The summed E-state index contributed by atoms with van der Waals surface area (Å²) in [7, 11) is 0. The Bertz CT molecular complexity index is 719. The van der Waals surface area contributed by atoms with E-state index in [4.69, 9.17) is 11.6 Å². The Balaban J connectivity index is 1.87. The van der Waals surface area contributed by atoms with E-state index in [-0.39, 0.29) is 23.9 Å². The average molecular weight is 305 g/mol. The standard InChI is InChI=1S/C15H13ClN2O3/c16-13-2-1-3-14(18(20)21)12(13)9-17-7-6-11(8-17)15(19)10-4-5-10/h1-3,6-8,10H,4-5,9H2. The van der Waals surface area contributed by atoms with Crippen molar-refractivity contribution in [2.24, 2.45) is 5.92 Å². The molecule has 0 spiro atoms. The molecule has 1 aliphatic carbocycles. The quantitative estimate of drug-likeness (QED) is 0.480. The monoisotopic (exact) mass is 304 g/mol. The van der Waals surface area contributed by atoms with Crippen LogP contribution >= 0.6 is 11.6 Å². The van der Waals surface area contributed by atoms with E-state index in [1.807, 2.05) is 0 Å². The number of benzene rings is 1. The Hall–Kier alpha value is -2.14. The number of nitro benzene ring substituents is 1. The SMILES string of the molecule is O=C(c1ccn(Cc2c(Cl)cccc2[N+](=O)[O-])c1)C1CC1. The number of nitro groups is 1. The van der Waals surface area contributed by atoms with Gasteiger partial charge in [-0.25, -0.2) is 0 Å². The molecule has 1 saturated carbocycles. The van der Waals surface area contributed by atoms with Crippen LogP contribution in [-0.4, -0.2) is 15.3 Å². The minimum atomic E-state index is -0.443. The molecule has 2 aromatic rings. The van der Waals surface area contributed by atoms with Gasteiger partial charge in [0.2, 0.25) is 0 Å². The van der Waals surface area contributed by atoms with Gasteiger partial charge in [-0.1, -0.05) is 17.7 Å². The fourth-order valence-electron chi connectivity index (χ4n) is 2.32. The predicted octanol–water partition coefficient (Wildman–Crippen LogP) is 3.69. The molecule has 0 unspecified atom stereocenters. The highest BCUT2D eigenvalue weighted by Gasteiger charge is 2.30. The minimum Gasteiger partial charge on any atom is -0.349 e. The van der Waals surface area contributed by atoms with Gasteiger partial charge in [0.05, 0.1) is 22.1 Å². The molecular weight excluding hydrogens is 292 g/mol. The number of nitrogens with zero attached hydrogens (tertiary/aromatic N) is 2. The predicted molar refractivity (Wildman–Crippen MR) is 78.7 cm³/mol. The molecular formula is C15H13ClN2O3. The molecule has 3 rings (SSSR count). The van der Waals surface area contributed by atoms with Crippen LogP contribution < -0.4 is 0 Å². The summed E-state index contributed by atoms with van der Waals surface area (Å²) in [5, 5.41) is 11.4. The second-order valence-corrected chi connectivity index (χ2v) is 5.61. The zero-order chi connectivity index (χ0) is 15.0. The third-order valence-electron chi connectivity index (χ3n) is 3.61. The zero-order valence-corrected chi connectivity index (χ0v) is 11.9. The van der Waals surface area contributed by atoms with Crippen molar-refractivity contribution in [3.8, 4) is 0 Å². The molecule has 5 nitrogen and oxygen atoms in total. The minimum absolute atomic E-state index is 0.00808. The fourth-order valence-corrected chi connectivity index (χ4v) is 2.55. The Labute approximate surface area is 126 Å². The maximum atomic E-state index is 12.0. The maximum Gasteiger partial charge on any atom is 0.275 e. The number of Topliss-reactive ketones (excluding diaryl/α,β-unsaturated/α-hetero) is 1. The van der Waals surface area contributed by atoms with Gasteiger partial charge in [-0.15, -0.1) is 0 Å².